The molecule has 1 saturated carbocycles. The zero-order chi connectivity index (χ0) is 11.1. The molecule has 0 amide bonds. The van der Waals surface area contributed by atoms with Gasteiger partial charge in [0.05, 0.1) is 0 Å². The van der Waals surface area contributed by atoms with Crippen molar-refractivity contribution in [2.45, 2.75) is 64.7 Å². The molecule has 0 saturated heterocycles. The van der Waals surface area contributed by atoms with E-state index in [4.69, 9.17) is 4.98 Å². The van der Waals surface area contributed by atoms with Crippen LogP contribution in [-0.2, 0) is 25.7 Å². The van der Waals surface area contributed by atoms with Gasteiger partial charge in [-0.25, -0.2) is 0 Å². The van der Waals surface area contributed by atoms with Gasteiger partial charge >= 0.3 is 0 Å². The van der Waals surface area contributed by atoms with E-state index in [1.165, 1.54) is 49.9 Å². The van der Waals surface area contributed by atoms with Crippen LogP contribution in [0.2, 0.25) is 0 Å². The lowest BCUT2D eigenvalue weighted by Gasteiger charge is -2.16. The third-order valence-electron chi connectivity index (χ3n) is 4.13. The highest BCUT2D eigenvalue weighted by atomic mass is 14.7. The van der Waals surface area contributed by atoms with Crippen LogP contribution >= 0.6 is 0 Å². The Morgan fingerprint density at radius 3 is 2.56 bits per heavy atom. The fourth-order valence-corrected chi connectivity index (χ4v) is 3.26. The van der Waals surface area contributed by atoms with Gasteiger partial charge in [0.1, 0.15) is 0 Å². The Morgan fingerprint density at radius 2 is 1.94 bits per heavy atom. The molecule has 86 valence electrons. The van der Waals surface area contributed by atoms with Gasteiger partial charge in [0.2, 0.25) is 0 Å². The third-order valence-corrected chi connectivity index (χ3v) is 4.13. The van der Waals surface area contributed by atoms with Crippen LogP contribution in [0.25, 0.3) is 0 Å². The second-order valence-corrected chi connectivity index (χ2v) is 5.21. The number of hydrogen-bond acceptors (Lipinski definition) is 1. The topological polar surface area (TPSA) is 12.9 Å². The van der Waals surface area contributed by atoms with Crippen molar-refractivity contribution in [3.63, 3.8) is 0 Å². The number of fused-ring (bicyclic) bond motifs is 1. The van der Waals surface area contributed by atoms with Gasteiger partial charge in [0.15, 0.2) is 0 Å². The Bertz CT molecular complexity index is 416. The molecule has 1 aromatic rings. The van der Waals surface area contributed by atoms with E-state index in [0.29, 0.717) is 0 Å². The minimum Gasteiger partial charge on any atom is -0.257 e. The van der Waals surface area contributed by atoms with E-state index in [0.717, 1.165) is 12.3 Å². The molecular weight excluding hydrogens is 194 g/mol. The summed E-state index contributed by atoms with van der Waals surface area (Å²) in [6.45, 7) is 4.58. The minimum atomic E-state index is 0.864. The standard InChI is InChI=1S/C15H21N/c1-3-11-12-6-5-7-14(12)16-13(4-2)15(11)10-8-9-10/h10H,3-9H2,1-2H3. The van der Waals surface area contributed by atoms with E-state index >= 15 is 0 Å². The van der Waals surface area contributed by atoms with E-state index in [2.05, 4.69) is 13.8 Å². The third kappa shape index (κ3) is 1.49. The van der Waals surface area contributed by atoms with Gasteiger partial charge in [-0.05, 0) is 67.6 Å². The summed E-state index contributed by atoms with van der Waals surface area (Å²) in [5.41, 5.74) is 7.81. The first kappa shape index (κ1) is 10.3. The van der Waals surface area contributed by atoms with Gasteiger partial charge in [0.25, 0.3) is 0 Å². The van der Waals surface area contributed by atoms with Crippen LogP contribution in [0.4, 0.5) is 0 Å². The molecule has 0 spiro atoms. The molecule has 1 nitrogen and oxygen atoms in total. The second-order valence-electron chi connectivity index (χ2n) is 5.21. The van der Waals surface area contributed by atoms with Crippen molar-refractivity contribution in [1.29, 1.82) is 0 Å². The molecule has 16 heavy (non-hydrogen) atoms. The van der Waals surface area contributed by atoms with Gasteiger partial charge in [-0.1, -0.05) is 13.8 Å². The number of pyridine rings is 1. The van der Waals surface area contributed by atoms with E-state index in [1.54, 1.807) is 16.7 Å². The first-order valence-corrected chi connectivity index (χ1v) is 6.88. The molecule has 0 unspecified atom stereocenters. The summed E-state index contributed by atoms with van der Waals surface area (Å²) in [7, 11) is 0. The smallest absolute Gasteiger partial charge is 0.0441 e. The predicted molar refractivity (Wildman–Crippen MR) is 67.0 cm³/mol. The summed E-state index contributed by atoms with van der Waals surface area (Å²) in [5, 5.41) is 0. The van der Waals surface area contributed by atoms with Crippen LogP contribution in [-0.4, -0.2) is 4.98 Å². The Hall–Kier alpha value is -0.850. The summed E-state index contributed by atoms with van der Waals surface area (Å²) in [5.74, 6) is 0.864. The van der Waals surface area contributed by atoms with Gasteiger partial charge in [-0.3, -0.25) is 4.98 Å². The molecule has 1 heteroatoms. The lowest BCUT2D eigenvalue weighted by molar-refractivity contribution is 0.880. The van der Waals surface area contributed by atoms with Crippen molar-refractivity contribution < 1.29 is 0 Å². The monoisotopic (exact) mass is 215 g/mol. The maximum Gasteiger partial charge on any atom is 0.0441 e. The van der Waals surface area contributed by atoms with Crippen LogP contribution in [0.3, 0.4) is 0 Å². The average Bonchev–Trinajstić information content (AvgIpc) is 3.04. The molecule has 0 atom stereocenters. The predicted octanol–water partition coefficient (Wildman–Crippen LogP) is 3.57. The summed E-state index contributed by atoms with van der Waals surface area (Å²) >= 11 is 0. The number of nitrogens with zero attached hydrogens (tertiary/aromatic N) is 1. The maximum atomic E-state index is 4.94. The SMILES string of the molecule is CCc1nc2c(c(CC)c1C1CC1)CCC2. The van der Waals surface area contributed by atoms with E-state index in [9.17, 15) is 0 Å². The number of rotatable bonds is 3. The highest BCUT2D eigenvalue weighted by Crippen LogP contribution is 2.45. The van der Waals surface area contributed by atoms with Crippen molar-refractivity contribution >= 4 is 0 Å². The fourth-order valence-electron chi connectivity index (χ4n) is 3.26. The summed E-state index contributed by atoms with van der Waals surface area (Å²) in [6.07, 6.45) is 8.97. The zero-order valence-corrected chi connectivity index (χ0v) is 10.5. The van der Waals surface area contributed by atoms with Crippen LogP contribution in [0.15, 0.2) is 0 Å². The zero-order valence-electron chi connectivity index (χ0n) is 10.5. The highest BCUT2D eigenvalue weighted by molar-refractivity contribution is 5.46. The molecular formula is C15H21N. The van der Waals surface area contributed by atoms with Crippen molar-refractivity contribution in [2.75, 3.05) is 0 Å². The van der Waals surface area contributed by atoms with Crippen molar-refractivity contribution in [1.82, 2.24) is 4.98 Å². The first-order valence-electron chi connectivity index (χ1n) is 6.88. The number of aryl methyl sites for hydroxylation is 2. The Labute approximate surface area is 98.3 Å². The van der Waals surface area contributed by atoms with E-state index < -0.39 is 0 Å². The quantitative estimate of drug-likeness (QED) is 0.751. The number of aromatic nitrogens is 1. The molecule has 0 radical (unpaired) electrons. The molecule has 0 aromatic carbocycles. The van der Waals surface area contributed by atoms with Gasteiger partial charge in [-0.2, -0.15) is 0 Å². The molecule has 1 fully saturated rings. The van der Waals surface area contributed by atoms with Crippen LogP contribution in [0, 0.1) is 0 Å². The lowest BCUT2D eigenvalue weighted by Crippen LogP contribution is -2.06. The summed E-state index contributed by atoms with van der Waals surface area (Å²) in [6, 6.07) is 0. The molecule has 1 aromatic heterocycles. The number of hydrogen-bond donors (Lipinski definition) is 0. The minimum absolute atomic E-state index is 0.864. The molecule has 0 aliphatic heterocycles. The largest absolute Gasteiger partial charge is 0.257 e. The Kier molecular flexibility index (Phi) is 2.49. The molecule has 3 rings (SSSR count). The van der Waals surface area contributed by atoms with Gasteiger partial charge in [-0.15, -0.1) is 0 Å². The second kappa shape index (κ2) is 3.87. The molecule has 0 bridgehead atoms. The normalized spacial score (nSPS) is 18.9. The Morgan fingerprint density at radius 1 is 1.12 bits per heavy atom. The average molecular weight is 215 g/mol. The van der Waals surface area contributed by atoms with E-state index in [-0.39, 0.29) is 0 Å². The van der Waals surface area contributed by atoms with Gasteiger partial charge in [0, 0.05) is 11.4 Å². The lowest BCUT2D eigenvalue weighted by atomic mass is 9.93. The highest BCUT2D eigenvalue weighted by Gasteiger charge is 2.31. The first-order chi connectivity index (χ1) is 7.85. The molecule has 0 N–H and O–H groups in total. The van der Waals surface area contributed by atoms with Crippen molar-refractivity contribution in [3.8, 4) is 0 Å². The summed E-state index contributed by atoms with van der Waals surface area (Å²) < 4.78 is 0. The van der Waals surface area contributed by atoms with E-state index in [1.807, 2.05) is 0 Å². The van der Waals surface area contributed by atoms with Crippen LogP contribution < -0.4 is 0 Å². The van der Waals surface area contributed by atoms with Crippen LogP contribution in [0.1, 0.15) is 67.1 Å². The van der Waals surface area contributed by atoms with Crippen LogP contribution in [0.5, 0.6) is 0 Å². The maximum absolute atomic E-state index is 4.94. The summed E-state index contributed by atoms with van der Waals surface area (Å²) in [4.78, 5) is 4.94. The fraction of sp³-hybridized carbons (Fsp3) is 0.667. The Balaban J connectivity index is 2.19. The van der Waals surface area contributed by atoms with Crippen molar-refractivity contribution in [3.05, 3.63) is 28.1 Å². The molecule has 2 aliphatic carbocycles. The van der Waals surface area contributed by atoms with Crippen molar-refractivity contribution in [2.24, 2.45) is 0 Å². The van der Waals surface area contributed by atoms with Gasteiger partial charge < -0.3 is 0 Å². The molecule has 2 aliphatic rings. The molecule has 1 heterocycles.